The average molecular weight is 268 g/mol. The Balaban J connectivity index is 5.13. The number of carbonyl (C=O) groups is 1. The molecule has 0 aromatic carbocycles. The minimum atomic E-state index is 0.430. The Bertz CT molecular complexity index is 274. The minimum absolute atomic E-state index is 0.430. The molecule has 112 valence electrons. The van der Waals surface area contributed by atoms with E-state index in [4.69, 9.17) is 0 Å². The lowest BCUT2D eigenvalue weighted by Gasteiger charge is -2.32. The van der Waals surface area contributed by atoms with Crippen LogP contribution < -0.4 is 0 Å². The van der Waals surface area contributed by atoms with Gasteiger partial charge in [0.05, 0.1) is 0 Å². The second kappa shape index (κ2) is 10.0. The van der Waals surface area contributed by atoms with E-state index >= 15 is 0 Å². The van der Waals surface area contributed by atoms with E-state index in [-0.39, 0.29) is 0 Å². The van der Waals surface area contributed by atoms with Gasteiger partial charge in [-0.3, -0.25) is 9.69 Å². The van der Waals surface area contributed by atoms with Crippen LogP contribution in [0.5, 0.6) is 0 Å². The van der Waals surface area contributed by atoms with Crippen molar-refractivity contribution in [2.24, 2.45) is 5.92 Å². The van der Waals surface area contributed by atoms with Crippen molar-refractivity contribution in [3.8, 4) is 0 Å². The molecule has 1 unspecified atom stereocenters. The van der Waals surface area contributed by atoms with Crippen LogP contribution in [0.1, 0.15) is 53.9 Å². The van der Waals surface area contributed by atoms with Gasteiger partial charge in [-0.25, -0.2) is 0 Å². The number of amides is 1. The molecular formula is C16H32N2O. The van der Waals surface area contributed by atoms with E-state index in [2.05, 4.69) is 52.8 Å². The molecule has 1 amide bonds. The lowest BCUT2D eigenvalue weighted by atomic mass is 9.93. The third kappa shape index (κ3) is 6.24. The molecule has 0 N–H and O–H groups in total. The highest BCUT2D eigenvalue weighted by Crippen LogP contribution is 2.22. The Kier molecular flexibility index (Phi) is 9.58. The van der Waals surface area contributed by atoms with E-state index in [1.165, 1.54) is 5.57 Å². The summed E-state index contributed by atoms with van der Waals surface area (Å²) in [6.45, 7) is 12.8. The highest BCUT2D eigenvalue weighted by molar-refractivity contribution is 5.49. The molecular weight excluding hydrogens is 236 g/mol. The van der Waals surface area contributed by atoms with Gasteiger partial charge in [0.1, 0.15) is 0 Å². The van der Waals surface area contributed by atoms with Crippen LogP contribution in [-0.4, -0.2) is 42.4 Å². The first kappa shape index (κ1) is 18.2. The summed E-state index contributed by atoms with van der Waals surface area (Å²) in [6.07, 6.45) is 6.24. The van der Waals surface area contributed by atoms with Crippen molar-refractivity contribution in [1.29, 1.82) is 0 Å². The molecule has 1 atom stereocenters. The molecule has 0 rings (SSSR count). The van der Waals surface area contributed by atoms with E-state index in [0.29, 0.717) is 12.0 Å². The van der Waals surface area contributed by atoms with Crippen molar-refractivity contribution in [1.82, 2.24) is 9.80 Å². The molecule has 0 aromatic rings. The predicted octanol–water partition coefficient (Wildman–Crippen LogP) is 3.52. The normalized spacial score (nSPS) is 14.0. The van der Waals surface area contributed by atoms with Crippen LogP contribution in [0.2, 0.25) is 0 Å². The van der Waals surface area contributed by atoms with Gasteiger partial charge in [-0.2, -0.15) is 0 Å². The summed E-state index contributed by atoms with van der Waals surface area (Å²) < 4.78 is 0. The van der Waals surface area contributed by atoms with Crippen molar-refractivity contribution in [3.63, 3.8) is 0 Å². The van der Waals surface area contributed by atoms with Crippen molar-refractivity contribution >= 4 is 6.41 Å². The molecule has 0 heterocycles. The Morgan fingerprint density at radius 2 is 1.68 bits per heavy atom. The lowest BCUT2D eigenvalue weighted by molar-refractivity contribution is -0.116. The maximum Gasteiger partial charge on any atom is 0.213 e. The van der Waals surface area contributed by atoms with Crippen molar-refractivity contribution in [3.05, 3.63) is 11.8 Å². The molecule has 0 aliphatic heterocycles. The predicted molar refractivity (Wildman–Crippen MR) is 83.0 cm³/mol. The van der Waals surface area contributed by atoms with Gasteiger partial charge >= 0.3 is 0 Å². The zero-order chi connectivity index (χ0) is 14.8. The first-order valence-electron chi connectivity index (χ1n) is 7.64. The van der Waals surface area contributed by atoms with Gasteiger partial charge in [0.15, 0.2) is 0 Å². The summed E-state index contributed by atoms with van der Waals surface area (Å²) in [5.41, 5.74) is 1.36. The average Bonchev–Trinajstić information content (AvgIpc) is 2.37. The Morgan fingerprint density at radius 3 is 2.05 bits per heavy atom. The van der Waals surface area contributed by atoms with Crippen LogP contribution in [0.3, 0.4) is 0 Å². The van der Waals surface area contributed by atoms with Crippen LogP contribution in [0.25, 0.3) is 0 Å². The Labute approximate surface area is 119 Å². The molecule has 3 heteroatoms. The summed E-state index contributed by atoms with van der Waals surface area (Å²) >= 11 is 0. The zero-order valence-electron chi connectivity index (χ0n) is 13.6. The fourth-order valence-electron chi connectivity index (χ4n) is 2.53. The smallest absolute Gasteiger partial charge is 0.213 e. The van der Waals surface area contributed by atoms with Crippen molar-refractivity contribution < 1.29 is 4.79 Å². The second-order valence-corrected chi connectivity index (χ2v) is 5.53. The van der Waals surface area contributed by atoms with E-state index in [9.17, 15) is 4.79 Å². The summed E-state index contributed by atoms with van der Waals surface area (Å²) in [6, 6.07) is 0.430. The molecule has 0 saturated heterocycles. The van der Waals surface area contributed by atoms with Gasteiger partial charge in [-0.05, 0) is 44.3 Å². The van der Waals surface area contributed by atoms with E-state index in [0.717, 1.165) is 38.8 Å². The lowest BCUT2D eigenvalue weighted by Crippen LogP contribution is -2.36. The number of hydrogen-bond acceptors (Lipinski definition) is 2. The van der Waals surface area contributed by atoms with Gasteiger partial charge in [-0.15, -0.1) is 0 Å². The number of carbonyl (C=O) groups excluding carboxylic acids is 1. The van der Waals surface area contributed by atoms with Crippen LogP contribution >= 0.6 is 0 Å². The first-order chi connectivity index (χ1) is 9.01. The molecule has 0 aliphatic carbocycles. The molecule has 0 aromatic heterocycles. The summed E-state index contributed by atoms with van der Waals surface area (Å²) in [4.78, 5) is 15.3. The van der Waals surface area contributed by atoms with Gasteiger partial charge in [-0.1, -0.05) is 34.6 Å². The SMILES string of the molecule is CCCN(C=O)/C=C(/C(C)C)C(CC)N(C)CCC. The summed E-state index contributed by atoms with van der Waals surface area (Å²) in [5, 5.41) is 0. The molecule has 0 aliphatic rings. The molecule has 0 radical (unpaired) electrons. The maximum atomic E-state index is 11.1. The number of hydrogen-bond donors (Lipinski definition) is 0. The van der Waals surface area contributed by atoms with Crippen LogP contribution in [0, 0.1) is 5.92 Å². The first-order valence-corrected chi connectivity index (χ1v) is 7.64. The molecule has 0 fully saturated rings. The topological polar surface area (TPSA) is 23.6 Å². The highest BCUT2D eigenvalue weighted by Gasteiger charge is 2.20. The maximum absolute atomic E-state index is 11.1. The molecule has 0 saturated carbocycles. The third-order valence-electron chi connectivity index (χ3n) is 3.48. The number of nitrogens with zero attached hydrogens (tertiary/aromatic N) is 2. The quantitative estimate of drug-likeness (QED) is 0.566. The standard InChI is InChI=1S/C16H32N2O/c1-7-10-17(6)16(9-3)15(14(4)5)12-18(13-19)11-8-2/h12-14,16H,7-11H2,1-6H3/b15-12-. The van der Waals surface area contributed by atoms with Gasteiger partial charge < -0.3 is 4.90 Å². The number of likely N-dealkylation sites (N-methyl/N-ethyl adjacent to an activating group) is 1. The van der Waals surface area contributed by atoms with Crippen LogP contribution in [-0.2, 0) is 4.79 Å². The van der Waals surface area contributed by atoms with Crippen molar-refractivity contribution in [2.75, 3.05) is 20.1 Å². The molecule has 3 nitrogen and oxygen atoms in total. The summed E-state index contributed by atoms with van der Waals surface area (Å²) in [7, 11) is 2.18. The van der Waals surface area contributed by atoms with Gasteiger partial charge in [0.25, 0.3) is 0 Å². The fourth-order valence-corrected chi connectivity index (χ4v) is 2.53. The fraction of sp³-hybridized carbons (Fsp3) is 0.812. The molecule has 19 heavy (non-hydrogen) atoms. The monoisotopic (exact) mass is 268 g/mol. The molecule has 0 spiro atoms. The highest BCUT2D eigenvalue weighted by atomic mass is 16.1. The molecule has 0 bridgehead atoms. The van der Waals surface area contributed by atoms with Crippen LogP contribution in [0.4, 0.5) is 0 Å². The second-order valence-electron chi connectivity index (χ2n) is 5.53. The van der Waals surface area contributed by atoms with Gasteiger partial charge in [0.2, 0.25) is 6.41 Å². The zero-order valence-corrected chi connectivity index (χ0v) is 13.6. The van der Waals surface area contributed by atoms with E-state index in [1.54, 1.807) is 4.90 Å². The third-order valence-corrected chi connectivity index (χ3v) is 3.48. The van der Waals surface area contributed by atoms with Crippen LogP contribution in [0.15, 0.2) is 11.8 Å². The Hall–Kier alpha value is -0.830. The van der Waals surface area contributed by atoms with Gasteiger partial charge in [0, 0.05) is 18.8 Å². The minimum Gasteiger partial charge on any atom is -0.322 e. The number of rotatable bonds is 10. The van der Waals surface area contributed by atoms with E-state index in [1.807, 2.05) is 0 Å². The Morgan fingerprint density at radius 1 is 1.11 bits per heavy atom. The van der Waals surface area contributed by atoms with E-state index < -0.39 is 0 Å². The van der Waals surface area contributed by atoms with Crippen molar-refractivity contribution in [2.45, 2.75) is 59.9 Å². The largest absolute Gasteiger partial charge is 0.322 e. The summed E-state index contributed by atoms with van der Waals surface area (Å²) in [5.74, 6) is 0.462.